The van der Waals surface area contributed by atoms with Crippen LogP contribution in [0.3, 0.4) is 0 Å². The van der Waals surface area contributed by atoms with Gasteiger partial charge in [-0.15, -0.1) is 11.5 Å². The molecule has 4 aromatic carbocycles. The van der Waals surface area contributed by atoms with Gasteiger partial charge in [0.1, 0.15) is 51.5 Å². The van der Waals surface area contributed by atoms with Crippen LogP contribution in [0.2, 0.25) is 0 Å². The molecule has 24 nitrogen and oxygen atoms in total. The van der Waals surface area contributed by atoms with Crippen LogP contribution >= 0.6 is 0 Å². The summed E-state index contributed by atoms with van der Waals surface area (Å²) in [6.45, 7) is 12.7. The lowest BCUT2D eigenvalue weighted by molar-refractivity contribution is -0.945. The predicted molar refractivity (Wildman–Crippen MR) is 248 cm³/mol. The van der Waals surface area contributed by atoms with E-state index in [4.69, 9.17) is 10.2 Å². The third kappa shape index (κ3) is 13.8. The Balaban J connectivity index is 0.000000126. The number of nitrogens with one attached hydrogen (secondary N) is 2. The minimum Gasteiger partial charge on any atom is -0.872 e. The van der Waals surface area contributed by atoms with E-state index < -0.39 is 19.7 Å². The highest BCUT2D eigenvalue weighted by Gasteiger charge is 2.48. The van der Waals surface area contributed by atoms with Gasteiger partial charge in [0, 0.05) is 72.7 Å². The maximum absolute atomic E-state index is 10.4. The number of non-ortho nitro benzene ring substituents is 4. The Bertz CT molecular complexity index is 2020. The molecule has 0 aromatic heterocycles. The highest BCUT2D eigenvalue weighted by molar-refractivity contribution is 5.37. The topological polar surface area (TPSA) is 287 Å². The van der Waals surface area contributed by atoms with E-state index in [1.807, 2.05) is 0 Å². The van der Waals surface area contributed by atoms with E-state index >= 15 is 0 Å². The van der Waals surface area contributed by atoms with Crippen LogP contribution < -0.4 is 20.0 Å². The zero-order valence-corrected chi connectivity index (χ0v) is 38.7. The second-order valence-corrected chi connectivity index (χ2v) is 18.6. The zero-order chi connectivity index (χ0) is 49.9. The Morgan fingerprint density at radius 3 is 0.829 bits per heavy atom. The van der Waals surface area contributed by atoms with Crippen molar-refractivity contribution in [3.8, 4) is 23.0 Å². The van der Waals surface area contributed by atoms with Gasteiger partial charge in [-0.2, -0.15) is 0 Å². The van der Waals surface area contributed by atoms with Crippen LogP contribution in [-0.2, 0) is 0 Å². The van der Waals surface area contributed by atoms with Gasteiger partial charge in [-0.05, 0) is 49.9 Å². The molecule has 8 saturated heterocycles. The number of nitro groups is 4. The molecule has 0 radical (unpaired) electrons. The van der Waals surface area contributed by atoms with Gasteiger partial charge in [0.05, 0.1) is 46.4 Å². The zero-order valence-electron chi connectivity index (χ0n) is 38.7. The molecule has 14 rings (SSSR count). The van der Waals surface area contributed by atoms with Crippen LogP contribution in [0.5, 0.6) is 23.0 Å². The largest absolute Gasteiger partial charge is 0.872 e. The Morgan fingerprint density at radius 2 is 0.614 bits per heavy atom. The van der Waals surface area contributed by atoms with Gasteiger partial charge in [0.25, 0.3) is 22.7 Å². The minimum atomic E-state index is -0.542. The molecule has 0 amide bonds. The van der Waals surface area contributed by atoms with Gasteiger partial charge < -0.3 is 20.4 Å². The molecule has 10 aliphatic rings. The molecular formula is C46H60N12O12. The number of quaternary nitrogens is 2. The van der Waals surface area contributed by atoms with Gasteiger partial charge in [-0.25, -0.2) is 29.4 Å². The maximum Gasteiger partial charge on any atom is 0.269 e. The predicted octanol–water partition coefficient (Wildman–Crippen LogP) is 1.77. The summed E-state index contributed by atoms with van der Waals surface area (Å²) in [5.41, 5.74) is -0.144. The lowest BCUT2D eigenvalue weighted by Crippen LogP contribution is -3.19. The average Bonchev–Trinajstić information content (AvgIpc) is 3.63. The lowest BCUT2D eigenvalue weighted by atomic mass is 9.89. The Kier molecular flexibility index (Phi) is 17.4. The quantitative estimate of drug-likeness (QED) is 0.167. The van der Waals surface area contributed by atoms with Crippen molar-refractivity contribution in [1.82, 2.24) is 29.4 Å². The van der Waals surface area contributed by atoms with Gasteiger partial charge in [0.15, 0.2) is 0 Å². The summed E-state index contributed by atoms with van der Waals surface area (Å²) in [4.78, 5) is 57.8. The molecule has 24 heteroatoms. The summed E-state index contributed by atoms with van der Waals surface area (Å²) >= 11 is 0. The fraction of sp³-hybridized carbons (Fsp3) is 0.478. The Labute approximate surface area is 403 Å². The standard InChI is InChI=1S/2C11H20N4.4C6H5NO3/c2*1-2-4-11-10(3-1)14-6-12-5-13(7-14)9-15(11)8-12;4*8-6-3-1-5(2-4-6)7(9)10/h2*10-11H,1-9H2;4*1-4,8H/t2*10-,11-;;;;/m11..../s1. The van der Waals surface area contributed by atoms with Gasteiger partial charge in [-0.1, -0.05) is 49.9 Å². The lowest BCUT2D eigenvalue weighted by Gasteiger charge is -2.43. The van der Waals surface area contributed by atoms with E-state index in [2.05, 4.69) is 29.4 Å². The molecule has 2 aliphatic carbocycles. The number of hydrogen-bond donors (Lipinski definition) is 4. The summed E-state index contributed by atoms with van der Waals surface area (Å²) in [7, 11) is 0. The minimum absolute atomic E-state index is 0.0159. The molecule has 8 heterocycles. The number of aromatic hydroxyl groups is 2. The van der Waals surface area contributed by atoms with Crippen LogP contribution in [0.25, 0.3) is 0 Å². The second-order valence-electron chi connectivity index (χ2n) is 18.6. The molecule has 4 N–H and O–H groups in total. The Hall–Kier alpha value is -6.64. The summed E-state index contributed by atoms with van der Waals surface area (Å²) < 4.78 is 0. The third-order valence-corrected chi connectivity index (χ3v) is 13.6. The molecular weight excluding hydrogens is 913 g/mol. The number of hydrogen-bond acceptors (Lipinski definition) is 18. The number of nitro benzene ring substituents is 4. The maximum atomic E-state index is 10.4. The molecule has 8 aliphatic heterocycles. The van der Waals surface area contributed by atoms with Crippen molar-refractivity contribution in [3.63, 3.8) is 0 Å². The first-order valence-corrected chi connectivity index (χ1v) is 23.4. The van der Waals surface area contributed by atoms with Crippen molar-refractivity contribution < 1.29 is 49.9 Å². The highest BCUT2D eigenvalue weighted by atomic mass is 16.6. The van der Waals surface area contributed by atoms with E-state index in [1.54, 1.807) is 9.80 Å². The van der Waals surface area contributed by atoms with Crippen molar-refractivity contribution in [3.05, 3.63) is 138 Å². The molecule has 10 fully saturated rings. The molecule has 4 aromatic rings. The van der Waals surface area contributed by atoms with E-state index in [0.717, 1.165) is 48.4 Å². The first-order chi connectivity index (χ1) is 33.6. The molecule has 4 unspecified atom stereocenters. The average molecular weight is 973 g/mol. The van der Waals surface area contributed by atoms with Crippen LogP contribution in [0.15, 0.2) is 97.1 Å². The fourth-order valence-corrected chi connectivity index (χ4v) is 10.7. The van der Waals surface area contributed by atoms with Crippen LogP contribution in [0.4, 0.5) is 22.7 Å². The molecule has 8 atom stereocenters. The number of phenolic OH excluding ortho intramolecular Hbond substituents is 2. The monoisotopic (exact) mass is 972 g/mol. The molecule has 8 bridgehead atoms. The summed E-state index contributed by atoms with van der Waals surface area (Å²) in [6, 6.07) is 23.0. The van der Waals surface area contributed by atoms with Crippen LogP contribution in [0.1, 0.15) is 51.4 Å². The molecule has 70 heavy (non-hydrogen) atoms. The van der Waals surface area contributed by atoms with Crippen molar-refractivity contribution in [2.45, 2.75) is 75.5 Å². The Morgan fingerprint density at radius 1 is 0.386 bits per heavy atom. The normalized spacial score (nSPS) is 29.9. The van der Waals surface area contributed by atoms with E-state index in [1.165, 1.54) is 191 Å². The first kappa shape index (κ1) is 51.2. The number of rotatable bonds is 4. The van der Waals surface area contributed by atoms with E-state index in [9.17, 15) is 50.7 Å². The van der Waals surface area contributed by atoms with Gasteiger partial charge >= 0.3 is 0 Å². The van der Waals surface area contributed by atoms with E-state index in [0.29, 0.717) is 0 Å². The van der Waals surface area contributed by atoms with Crippen molar-refractivity contribution in [2.75, 3.05) is 66.7 Å². The number of benzene rings is 4. The SMILES string of the molecule is C1CC[C@@H]2[C@@H](C1)N1CN3CN2C[NH+](C3)C1.C1CC[C@@H]2[C@@H](C1)N1CN3CN2C[NH+](C3)C1.O=[N+]([O-])c1ccc(O)cc1.O=[N+]([O-])c1ccc(O)cc1.O=[N+]([O-])c1ccc([O-])cc1.O=[N+]([O-])c1ccc([O-])cc1. The summed E-state index contributed by atoms with van der Waals surface area (Å²) in [5, 5.41) is 78.4. The van der Waals surface area contributed by atoms with Gasteiger partial charge in [0.2, 0.25) is 0 Å². The second kappa shape index (κ2) is 23.8. The van der Waals surface area contributed by atoms with Gasteiger partial charge in [-0.3, -0.25) is 50.3 Å². The summed E-state index contributed by atoms with van der Waals surface area (Å²) in [5.74, 6) is -0.368. The third-order valence-electron chi connectivity index (χ3n) is 13.6. The fourth-order valence-electron chi connectivity index (χ4n) is 10.7. The van der Waals surface area contributed by atoms with Crippen LogP contribution in [-0.4, -0.2) is 150 Å². The van der Waals surface area contributed by atoms with Crippen molar-refractivity contribution in [1.29, 1.82) is 0 Å². The summed E-state index contributed by atoms with van der Waals surface area (Å²) in [6.07, 6.45) is 11.6. The van der Waals surface area contributed by atoms with E-state index in [-0.39, 0.29) is 45.7 Å². The van der Waals surface area contributed by atoms with Crippen LogP contribution in [0, 0.1) is 40.5 Å². The molecule has 376 valence electrons. The first-order valence-electron chi connectivity index (χ1n) is 23.4. The smallest absolute Gasteiger partial charge is 0.269 e. The van der Waals surface area contributed by atoms with Crippen molar-refractivity contribution in [2.24, 2.45) is 0 Å². The number of phenols is 2. The van der Waals surface area contributed by atoms with Crippen molar-refractivity contribution >= 4 is 22.7 Å². The highest BCUT2D eigenvalue weighted by Crippen LogP contribution is 2.32. The molecule has 0 spiro atoms. The number of nitrogens with zero attached hydrogens (tertiary/aromatic N) is 10. The molecule has 2 saturated carbocycles.